The molecule has 3 aromatic carbocycles. The molecule has 4 nitrogen and oxygen atoms in total. The summed E-state index contributed by atoms with van der Waals surface area (Å²) in [5.41, 5.74) is 1.81. The van der Waals surface area contributed by atoms with Crippen LogP contribution < -0.4 is 9.64 Å². The van der Waals surface area contributed by atoms with Gasteiger partial charge in [-0.1, -0.05) is 72.3 Å². The van der Waals surface area contributed by atoms with Crippen LogP contribution in [-0.2, 0) is 5.60 Å². The first-order chi connectivity index (χ1) is 13.0. The van der Waals surface area contributed by atoms with Crippen LogP contribution in [0.25, 0.3) is 0 Å². The normalized spacial score (nSPS) is 15.0. The number of carboxylic acid groups (broad SMARTS) is 1. The summed E-state index contributed by atoms with van der Waals surface area (Å²) in [7, 11) is 1.92. The van der Waals surface area contributed by atoms with E-state index in [0.717, 1.165) is 11.1 Å². The number of hydrogen-bond donors (Lipinski definition) is 1. The first-order valence-electron chi connectivity index (χ1n) is 8.59. The molecule has 4 rings (SSSR count). The van der Waals surface area contributed by atoms with Crippen molar-refractivity contribution in [3.63, 3.8) is 0 Å². The first-order valence-corrected chi connectivity index (χ1v) is 8.97. The quantitative estimate of drug-likeness (QED) is 0.709. The molecule has 3 aromatic rings. The molecule has 1 aliphatic heterocycles. The Morgan fingerprint density at radius 3 is 2.11 bits per heavy atom. The van der Waals surface area contributed by atoms with Gasteiger partial charge < -0.3 is 14.7 Å². The smallest absolute Gasteiger partial charge is 0.339 e. The van der Waals surface area contributed by atoms with E-state index in [1.54, 1.807) is 6.07 Å². The Hall–Kier alpha value is -2.98. The molecular formula is C22H18ClNO3. The number of halogens is 1. The van der Waals surface area contributed by atoms with Gasteiger partial charge in [-0.3, -0.25) is 0 Å². The van der Waals surface area contributed by atoms with E-state index in [9.17, 15) is 9.90 Å². The summed E-state index contributed by atoms with van der Waals surface area (Å²) in [4.78, 5) is 13.9. The number of rotatable bonds is 3. The molecule has 0 aromatic heterocycles. The van der Waals surface area contributed by atoms with Crippen LogP contribution in [0.4, 0.5) is 5.69 Å². The number of likely N-dealkylation sites (N-methyl/N-ethyl adjacent to an activating group) is 1. The Kier molecular flexibility index (Phi) is 4.28. The lowest BCUT2D eigenvalue weighted by molar-refractivity contribution is 0.0670. The Morgan fingerprint density at radius 1 is 1.04 bits per heavy atom. The van der Waals surface area contributed by atoms with Crippen molar-refractivity contribution < 1.29 is 14.6 Å². The highest BCUT2D eigenvalue weighted by Gasteiger charge is 2.43. The third kappa shape index (κ3) is 2.92. The third-order valence-electron chi connectivity index (χ3n) is 4.89. The molecule has 0 spiro atoms. The van der Waals surface area contributed by atoms with Crippen LogP contribution in [0.15, 0.2) is 72.8 Å². The lowest BCUT2D eigenvalue weighted by Crippen LogP contribution is -2.48. The second-order valence-corrected chi connectivity index (χ2v) is 7.06. The van der Waals surface area contributed by atoms with Gasteiger partial charge in [-0.2, -0.15) is 0 Å². The lowest BCUT2D eigenvalue weighted by atomic mass is 9.84. The van der Waals surface area contributed by atoms with E-state index in [0.29, 0.717) is 23.0 Å². The molecule has 0 atom stereocenters. The van der Waals surface area contributed by atoms with E-state index in [1.165, 1.54) is 6.07 Å². The highest BCUT2D eigenvalue weighted by Crippen LogP contribution is 2.47. The molecule has 0 aliphatic carbocycles. The van der Waals surface area contributed by atoms with Gasteiger partial charge in [0.25, 0.3) is 0 Å². The number of anilines is 1. The molecule has 0 fully saturated rings. The Bertz CT molecular complexity index is 950. The van der Waals surface area contributed by atoms with Crippen LogP contribution >= 0.6 is 11.6 Å². The van der Waals surface area contributed by atoms with Crippen molar-refractivity contribution in [2.45, 2.75) is 5.60 Å². The van der Waals surface area contributed by atoms with Crippen LogP contribution in [-0.4, -0.2) is 24.7 Å². The van der Waals surface area contributed by atoms with Crippen LogP contribution in [0.3, 0.4) is 0 Å². The van der Waals surface area contributed by atoms with Crippen molar-refractivity contribution in [3.05, 3.63) is 94.5 Å². The first kappa shape index (κ1) is 17.4. The van der Waals surface area contributed by atoms with Gasteiger partial charge in [-0.25, -0.2) is 4.79 Å². The van der Waals surface area contributed by atoms with E-state index < -0.39 is 11.6 Å². The molecule has 1 aliphatic rings. The van der Waals surface area contributed by atoms with Crippen LogP contribution in [0.5, 0.6) is 5.75 Å². The minimum Gasteiger partial charge on any atom is -0.478 e. The summed E-state index contributed by atoms with van der Waals surface area (Å²) in [6.45, 7) is 0.521. The van der Waals surface area contributed by atoms with E-state index in [2.05, 4.69) is 0 Å². The van der Waals surface area contributed by atoms with E-state index in [1.807, 2.05) is 72.6 Å². The van der Waals surface area contributed by atoms with Crippen molar-refractivity contribution in [3.8, 4) is 5.75 Å². The monoisotopic (exact) mass is 379 g/mol. The summed E-state index contributed by atoms with van der Waals surface area (Å²) in [5, 5.41) is 10.1. The molecule has 0 unspecified atom stereocenters. The highest BCUT2D eigenvalue weighted by atomic mass is 35.5. The fraction of sp³-hybridized carbons (Fsp3) is 0.136. The van der Waals surface area contributed by atoms with Crippen LogP contribution in [0, 0.1) is 0 Å². The van der Waals surface area contributed by atoms with E-state index >= 15 is 0 Å². The van der Waals surface area contributed by atoms with Gasteiger partial charge in [0, 0.05) is 23.2 Å². The zero-order valence-corrected chi connectivity index (χ0v) is 15.5. The standard InChI is InChI=1S/C22H18ClNO3/c1-24-14-22(15-8-4-2-5-9-15,16-10-6-3-7-11-16)27-20-18(21(25)26)12-17(23)13-19(20)24/h2-13H,14H2,1H3,(H,25,26). The minimum absolute atomic E-state index is 0.0558. The van der Waals surface area contributed by atoms with Gasteiger partial charge in [-0.05, 0) is 12.1 Å². The average Bonchev–Trinajstić information content (AvgIpc) is 2.69. The fourth-order valence-electron chi connectivity index (χ4n) is 3.64. The summed E-state index contributed by atoms with van der Waals surface area (Å²) < 4.78 is 6.53. The van der Waals surface area contributed by atoms with Gasteiger partial charge in [0.2, 0.25) is 0 Å². The van der Waals surface area contributed by atoms with Gasteiger partial charge in [-0.15, -0.1) is 0 Å². The Labute approximate surface area is 162 Å². The number of benzene rings is 3. The van der Waals surface area contributed by atoms with Gasteiger partial charge in [0.05, 0.1) is 12.2 Å². The molecule has 0 radical (unpaired) electrons. The predicted molar refractivity (Wildman–Crippen MR) is 106 cm³/mol. The maximum Gasteiger partial charge on any atom is 0.339 e. The van der Waals surface area contributed by atoms with E-state index in [4.69, 9.17) is 16.3 Å². The predicted octanol–water partition coefficient (Wildman–Crippen LogP) is 4.81. The second-order valence-electron chi connectivity index (χ2n) is 6.62. The molecule has 27 heavy (non-hydrogen) atoms. The molecule has 5 heteroatoms. The van der Waals surface area contributed by atoms with E-state index in [-0.39, 0.29) is 5.56 Å². The third-order valence-corrected chi connectivity index (χ3v) is 5.11. The number of ether oxygens (including phenoxy) is 1. The topological polar surface area (TPSA) is 49.8 Å². The summed E-state index contributed by atoms with van der Waals surface area (Å²) in [5.74, 6) is -0.743. The van der Waals surface area contributed by atoms with Crippen molar-refractivity contribution in [1.82, 2.24) is 0 Å². The molecule has 0 saturated heterocycles. The Balaban J connectivity index is 1.98. The van der Waals surface area contributed by atoms with Crippen molar-refractivity contribution >= 4 is 23.3 Å². The largest absolute Gasteiger partial charge is 0.478 e. The van der Waals surface area contributed by atoms with Crippen molar-refractivity contribution in [2.24, 2.45) is 0 Å². The number of hydrogen-bond acceptors (Lipinski definition) is 3. The van der Waals surface area contributed by atoms with Crippen LogP contribution in [0.2, 0.25) is 5.02 Å². The molecule has 1 N–H and O–H groups in total. The molecule has 0 saturated carbocycles. The minimum atomic E-state index is -1.07. The van der Waals surface area contributed by atoms with Gasteiger partial charge >= 0.3 is 5.97 Å². The van der Waals surface area contributed by atoms with Gasteiger partial charge in [0.1, 0.15) is 5.56 Å². The SMILES string of the molecule is CN1CC(c2ccccc2)(c2ccccc2)Oc2c(C(=O)O)cc(Cl)cc21. The van der Waals surface area contributed by atoms with Crippen molar-refractivity contribution in [2.75, 3.05) is 18.5 Å². The fourth-order valence-corrected chi connectivity index (χ4v) is 3.85. The Morgan fingerprint density at radius 2 is 1.59 bits per heavy atom. The van der Waals surface area contributed by atoms with Crippen LogP contribution in [0.1, 0.15) is 21.5 Å². The zero-order chi connectivity index (χ0) is 19.0. The zero-order valence-electron chi connectivity index (χ0n) is 14.7. The number of carbonyl (C=O) groups is 1. The number of carboxylic acids is 1. The summed E-state index contributed by atoms with van der Waals surface area (Å²) in [6, 6.07) is 22.9. The summed E-state index contributed by atoms with van der Waals surface area (Å²) in [6.07, 6.45) is 0. The molecule has 1 heterocycles. The second kappa shape index (κ2) is 6.63. The maximum atomic E-state index is 11.9. The number of aromatic carboxylic acids is 1. The number of fused-ring (bicyclic) bond motifs is 1. The lowest BCUT2D eigenvalue weighted by Gasteiger charge is -2.44. The molecule has 0 amide bonds. The van der Waals surface area contributed by atoms with Gasteiger partial charge in [0.15, 0.2) is 11.4 Å². The molecular weight excluding hydrogens is 362 g/mol. The maximum absolute atomic E-state index is 11.9. The molecule has 0 bridgehead atoms. The number of nitrogens with zero attached hydrogens (tertiary/aromatic N) is 1. The molecule has 136 valence electrons. The summed E-state index contributed by atoms with van der Waals surface area (Å²) >= 11 is 6.15. The average molecular weight is 380 g/mol. The van der Waals surface area contributed by atoms with Crippen molar-refractivity contribution in [1.29, 1.82) is 0 Å². The highest BCUT2D eigenvalue weighted by molar-refractivity contribution is 6.31.